The van der Waals surface area contributed by atoms with E-state index in [2.05, 4.69) is 29.6 Å². The van der Waals surface area contributed by atoms with Gasteiger partial charge in [0, 0.05) is 22.4 Å². The van der Waals surface area contributed by atoms with Crippen molar-refractivity contribution in [2.24, 2.45) is 0 Å². The Balaban J connectivity index is 1.69. The molecule has 3 N–H and O–H groups in total. The van der Waals surface area contributed by atoms with Gasteiger partial charge >= 0.3 is 0 Å². The minimum absolute atomic E-state index is 0.0223. The van der Waals surface area contributed by atoms with E-state index in [-0.39, 0.29) is 24.3 Å². The number of nitrogens with one attached hydrogen (secondary N) is 1. The molecule has 1 amide bonds. The van der Waals surface area contributed by atoms with Gasteiger partial charge in [-0.1, -0.05) is 72.8 Å². The Labute approximate surface area is 159 Å². The van der Waals surface area contributed by atoms with Gasteiger partial charge in [-0.25, -0.2) is 0 Å². The van der Waals surface area contributed by atoms with Gasteiger partial charge in [-0.05, 0) is 19.1 Å². The van der Waals surface area contributed by atoms with Crippen LogP contribution in [0.2, 0.25) is 0 Å². The van der Waals surface area contributed by atoms with Crippen LogP contribution in [0.25, 0.3) is 0 Å². The summed E-state index contributed by atoms with van der Waals surface area (Å²) in [7, 11) is 0. The maximum absolute atomic E-state index is 12.4. The molecule has 4 nitrogen and oxygen atoms in total. The van der Waals surface area contributed by atoms with Crippen LogP contribution in [0, 0.1) is 0 Å². The Bertz CT molecular complexity index is 868. The van der Waals surface area contributed by atoms with Crippen molar-refractivity contribution in [3.63, 3.8) is 0 Å². The topological polar surface area (TPSA) is 62.8 Å². The summed E-state index contributed by atoms with van der Waals surface area (Å²) >= 11 is 0. The Morgan fingerprint density at radius 3 is 2.00 bits per heavy atom. The Kier molecular flexibility index (Phi) is 6.13. The van der Waals surface area contributed by atoms with E-state index in [9.17, 15) is 9.59 Å². The van der Waals surface area contributed by atoms with Gasteiger partial charge in [0.05, 0.1) is 0 Å². The van der Waals surface area contributed by atoms with Crippen LogP contribution in [0.1, 0.15) is 34.5 Å². The van der Waals surface area contributed by atoms with E-state index in [0.29, 0.717) is 11.3 Å². The normalized spacial score (nSPS) is 10.6. The van der Waals surface area contributed by atoms with Gasteiger partial charge in [0.15, 0.2) is 12.3 Å². The molecule has 0 atom stereocenters. The first-order valence-electron chi connectivity index (χ1n) is 8.97. The molecule has 0 heterocycles. The van der Waals surface area contributed by atoms with Gasteiger partial charge in [0.1, 0.15) is 6.04 Å². The van der Waals surface area contributed by atoms with Crippen molar-refractivity contribution in [2.45, 2.75) is 13.0 Å². The van der Waals surface area contributed by atoms with Crippen molar-refractivity contribution >= 4 is 17.4 Å². The molecule has 0 unspecified atom stereocenters. The second kappa shape index (κ2) is 8.92. The van der Waals surface area contributed by atoms with Gasteiger partial charge in [-0.2, -0.15) is 0 Å². The lowest BCUT2D eigenvalue weighted by Gasteiger charge is -2.16. The summed E-state index contributed by atoms with van der Waals surface area (Å²) in [6.45, 7) is 1.79. The Morgan fingerprint density at radius 1 is 0.852 bits per heavy atom. The first kappa shape index (κ1) is 18.5. The largest absolute Gasteiger partial charge is 0.328 e. The highest BCUT2D eigenvalue weighted by Gasteiger charge is 2.18. The number of nitrogens with two attached hydrogens (primary N) is 1. The van der Waals surface area contributed by atoms with Gasteiger partial charge < -0.3 is 10.6 Å². The monoisotopic (exact) mass is 359 g/mol. The summed E-state index contributed by atoms with van der Waals surface area (Å²) < 4.78 is 0. The van der Waals surface area contributed by atoms with E-state index in [4.69, 9.17) is 0 Å². The third-order valence-corrected chi connectivity index (χ3v) is 4.41. The van der Waals surface area contributed by atoms with Gasteiger partial charge in [0.2, 0.25) is 0 Å². The first-order chi connectivity index (χ1) is 13.1. The highest BCUT2D eigenvalue weighted by Crippen LogP contribution is 2.17. The standard InChI is InChI=1S/C23H22N2O2/c1-17(26)20-13-8-14-21(15-20)25-22(27)16-24-23(18-9-4-2-5-10-18)19-11-6-3-7-12-19/h2-15,23-24H,16H2,1H3,(H,25,27)/p+1. The molecule has 0 radical (unpaired) electrons. The quantitative estimate of drug-likeness (QED) is 0.637. The lowest BCUT2D eigenvalue weighted by molar-refractivity contribution is -0.676. The number of quaternary nitrogens is 1. The molecule has 0 fully saturated rings. The summed E-state index contributed by atoms with van der Waals surface area (Å²) in [6, 6.07) is 27.3. The van der Waals surface area contributed by atoms with Crippen LogP contribution in [0.4, 0.5) is 5.69 Å². The maximum atomic E-state index is 12.4. The number of hydrogen-bond donors (Lipinski definition) is 2. The fraction of sp³-hybridized carbons (Fsp3) is 0.130. The minimum Gasteiger partial charge on any atom is -0.328 e. The molecule has 0 saturated carbocycles. The van der Waals surface area contributed by atoms with Crippen LogP contribution in [-0.4, -0.2) is 18.2 Å². The molecule has 3 aromatic carbocycles. The summed E-state index contributed by atoms with van der Waals surface area (Å²) in [5, 5.41) is 4.90. The van der Waals surface area contributed by atoms with Crippen LogP contribution in [0.3, 0.4) is 0 Å². The molecule has 0 aliphatic carbocycles. The zero-order valence-electron chi connectivity index (χ0n) is 15.3. The molecule has 4 heteroatoms. The molecular weight excluding hydrogens is 336 g/mol. The zero-order chi connectivity index (χ0) is 19.1. The van der Waals surface area contributed by atoms with Gasteiger partial charge in [-0.15, -0.1) is 0 Å². The van der Waals surface area contributed by atoms with Crippen LogP contribution in [0.15, 0.2) is 84.9 Å². The van der Waals surface area contributed by atoms with Crippen molar-refractivity contribution in [3.8, 4) is 0 Å². The number of benzene rings is 3. The summed E-state index contributed by atoms with van der Waals surface area (Å²) in [5.74, 6) is -0.126. The number of anilines is 1. The SMILES string of the molecule is CC(=O)c1cccc(NC(=O)C[NH2+]C(c2ccccc2)c2ccccc2)c1. The van der Waals surface area contributed by atoms with Gasteiger partial charge in [-0.3, -0.25) is 9.59 Å². The molecule has 3 aromatic rings. The van der Waals surface area contributed by atoms with E-state index in [1.54, 1.807) is 24.3 Å². The van der Waals surface area contributed by atoms with E-state index in [0.717, 1.165) is 11.1 Å². The minimum atomic E-state index is -0.104. The van der Waals surface area contributed by atoms with E-state index >= 15 is 0 Å². The van der Waals surface area contributed by atoms with Crippen LogP contribution < -0.4 is 10.6 Å². The smallest absolute Gasteiger partial charge is 0.279 e. The Hall–Kier alpha value is -3.24. The molecule has 27 heavy (non-hydrogen) atoms. The summed E-state index contributed by atoms with van der Waals surface area (Å²) in [4.78, 5) is 23.9. The molecule has 3 rings (SSSR count). The molecule has 0 bridgehead atoms. The molecule has 0 aliphatic rings. The zero-order valence-corrected chi connectivity index (χ0v) is 15.3. The lowest BCUT2D eigenvalue weighted by Crippen LogP contribution is -2.87. The number of ketones is 1. The summed E-state index contributed by atoms with van der Waals surface area (Å²) in [6.07, 6.45) is 0. The van der Waals surface area contributed by atoms with Crippen LogP contribution in [0.5, 0.6) is 0 Å². The van der Waals surface area contributed by atoms with Crippen LogP contribution in [-0.2, 0) is 4.79 Å². The van der Waals surface area contributed by atoms with Crippen molar-refractivity contribution in [1.29, 1.82) is 0 Å². The van der Waals surface area contributed by atoms with Crippen molar-refractivity contribution in [1.82, 2.24) is 0 Å². The van der Waals surface area contributed by atoms with E-state index in [1.165, 1.54) is 6.92 Å². The van der Waals surface area contributed by atoms with Crippen LogP contribution >= 0.6 is 0 Å². The fourth-order valence-corrected chi connectivity index (χ4v) is 3.04. The highest BCUT2D eigenvalue weighted by atomic mass is 16.2. The lowest BCUT2D eigenvalue weighted by atomic mass is 9.99. The number of rotatable bonds is 7. The number of amides is 1. The molecule has 0 saturated heterocycles. The van der Waals surface area contributed by atoms with Gasteiger partial charge in [0.25, 0.3) is 5.91 Å². The molecule has 0 aliphatic heterocycles. The second-order valence-electron chi connectivity index (χ2n) is 6.42. The average Bonchev–Trinajstić information content (AvgIpc) is 2.70. The second-order valence-corrected chi connectivity index (χ2v) is 6.42. The fourth-order valence-electron chi connectivity index (χ4n) is 3.04. The third kappa shape index (κ3) is 5.12. The van der Waals surface area contributed by atoms with Crippen molar-refractivity contribution in [2.75, 3.05) is 11.9 Å². The maximum Gasteiger partial charge on any atom is 0.279 e. The number of hydrogen-bond acceptors (Lipinski definition) is 2. The number of carbonyl (C=O) groups excluding carboxylic acids is 2. The van der Waals surface area contributed by atoms with Crippen molar-refractivity contribution in [3.05, 3.63) is 102 Å². The molecule has 0 spiro atoms. The first-order valence-corrected chi connectivity index (χ1v) is 8.97. The predicted octanol–water partition coefficient (Wildman–Crippen LogP) is 3.18. The van der Waals surface area contributed by atoms with E-state index < -0.39 is 0 Å². The molecular formula is C23H23N2O2+. The number of carbonyl (C=O) groups is 2. The Morgan fingerprint density at radius 2 is 1.44 bits per heavy atom. The third-order valence-electron chi connectivity index (χ3n) is 4.41. The average molecular weight is 359 g/mol. The predicted molar refractivity (Wildman–Crippen MR) is 107 cm³/mol. The molecule has 136 valence electrons. The van der Waals surface area contributed by atoms with Crippen molar-refractivity contribution < 1.29 is 14.9 Å². The van der Waals surface area contributed by atoms with E-state index in [1.807, 2.05) is 41.7 Å². The number of Topliss-reactive ketones (excluding diaryl/α,β-unsaturated/α-hetero) is 1. The highest BCUT2D eigenvalue weighted by molar-refractivity contribution is 5.97. The molecule has 0 aromatic heterocycles. The summed E-state index contributed by atoms with van der Waals surface area (Å²) in [5.41, 5.74) is 3.52.